The van der Waals surface area contributed by atoms with Gasteiger partial charge in [0.15, 0.2) is 0 Å². The number of benzene rings is 3. The third-order valence-corrected chi connectivity index (χ3v) is 6.48. The molecule has 0 aliphatic heterocycles. The number of fused-ring (bicyclic) bond motifs is 1. The quantitative estimate of drug-likeness (QED) is 0.208. The molecule has 0 atom stereocenters. The van der Waals surface area contributed by atoms with Crippen LogP contribution in [0, 0.1) is 0 Å². The Morgan fingerprint density at radius 1 is 0.833 bits per heavy atom. The van der Waals surface area contributed by atoms with E-state index >= 15 is 0 Å². The molecular weight excluding hydrogens is 506 g/mol. The Morgan fingerprint density at radius 3 is 2.39 bits per heavy atom. The van der Waals surface area contributed by atoms with Gasteiger partial charge in [0, 0.05) is 41.9 Å². The second kappa shape index (κ2) is 12.0. The van der Waals surface area contributed by atoms with E-state index in [2.05, 4.69) is 15.2 Å². The van der Waals surface area contributed by atoms with Crippen LogP contribution in [0.2, 0.25) is 10.0 Å². The van der Waals surface area contributed by atoms with E-state index in [1.54, 1.807) is 12.3 Å². The minimum absolute atomic E-state index is 0.280. The van der Waals surface area contributed by atoms with Crippen LogP contribution in [0.1, 0.15) is 29.5 Å². The average molecular weight is 532 g/mol. The number of unbranched alkanes of at least 4 members (excludes halogenated alkanes) is 1. The van der Waals surface area contributed by atoms with Crippen LogP contribution in [-0.2, 0) is 19.3 Å². The van der Waals surface area contributed by atoms with Crippen LogP contribution in [0.15, 0.2) is 79.0 Å². The Balaban J connectivity index is 1.38. The smallest absolute Gasteiger partial charge is 0.384 e. The Bertz CT molecular complexity index is 1300. The Labute approximate surface area is 218 Å². The zero-order valence-corrected chi connectivity index (χ0v) is 21.0. The monoisotopic (exact) mass is 531 g/mol. The molecule has 1 aromatic heterocycles. The van der Waals surface area contributed by atoms with E-state index in [0.717, 1.165) is 54.2 Å². The molecule has 0 saturated heterocycles. The van der Waals surface area contributed by atoms with Gasteiger partial charge in [0.25, 0.3) is 0 Å². The van der Waals surface area contributed by atoms with Crippen LogP contribution in [0.5, 0.6) is 0 Å². The molecular formula is C28H26Cl2F3N3. The Hall–Kier alpha value is -2.80. The maximum absolute atomic E-state index is 13.3. The molecule has 8 heteroatoms. The molecule has 36 heavy (non-hydrogen) atoms. The number of nitrogens with one attached hydrogen (secondary N) is 1. The third kappa shape index (κ3) is 7.12. The highest BCUT2D eigenvalue weighted by molar-refractivity contribution is 6.31. The number of halogens is 5. The summed E-state index contributed by atoms with van der Waals surface area (Å²) in [5, 5.41) is 4.85. The van der Waals surface area contributed by atoms with Crippen molar-refractivity contribution in [2.45, 2.75) is 32.1 Å². The molecule has 4 aromatic rings. The Morgan fingerprint density at radius 2 is 1.61 bits per heavy atom. The molecule has 0 fully saturated rings. The maximum atomic E-state index is 13.3. The lowest BCUT2D eigenvalue weighted by molar-refractivity contribution is -0.137. The van der Waals surface area contributed by atoms with E-state index in [-0.39, 0.29) is 5.02 Å². The number of nitrogens with zero attached hydrogens (tertiary/aromatic N) is 2. The average Bonchev–Trinajstić information content (AvgIpc) is 2.84. The van der Waals surface area contributed by atoms with Crippen LogP contribution in [0.3, 0.4) is 0 Å². The summed E-state index contributed by atoms with van der Waals surface area (Å²) in [5.41, 5.74) is 2.74. The van der Waals surface area contributed by atoms with Gasteiger partial charge in [-0.2, -0.15) is 13.2 Å². The largest absolute Gasteiger partial charge is 0.417 e. The predicted molar refractivity (Wildman–Crippen MR) is 141 cm³/mol. The van der Waals surface area contributed by atoms with E-state index in [1.165, 1.54) is 6.07 Å². The van der Waals surface area contributed by atoms with Crippen LogP contribution >= 0.6 is 23.2 Å². The van der Waals surface area contributed by atoms with Gasteiger partial charge in [-0.3, -0.25) is 9.88 Å². The van der Waals surface area contributed by atoms with Crippen molar-refractivity contribution in [1.29, 1.82) is 0 Å². The first kappa shape index (κ1) is 26.3. The summed E-state index contributed by atoms with van der Waals surface area (Å²) in [6, 6.07) is 21.7. The fourth-order valence-corrected chi connectivity index (χ4v) is 4.55. The van der Waals surface area contributed by atoms with Crippen molar-refractivity contribution >= 4 is 39.8 Å². The van der Waals surface area contributed by atoms with Crippen molar-refractivity contribution in [1.82, 2.24) is 9.88 Å². The molecule has 0 aliphatic carbocycles. The molecule has 0 spiro atoms. The van der Waals surface area contributed by atoms with Crippen LogP contribution in [0.4, 0.5) is 18.9 Å². The van der Waals surface area contributed by atoms with Crippen molar-refractivity contribution in [3.05, 3.63) is 106 Å². The first-order chi connectivity index (χ1) is 17.3. The summed E-state index contributed by atoms with van der Waals surface area (Å²) in [6.07, 6.45) is -0.944. The van der Waals surface area contributed by atoms with Crippen LogP contribution in [-0.4, -0.2) is 23.0 Å². The minimum Gasteiger partial charge on any atom is -0.384 e. The minimum atomic E-state index is -4.48. The molecule has 4 rings (SSSR count). The zero-order chi connectivity index (χ0) is 25.5. The fraction of sp³-hybridized carbons (Fsp3) is 0.250. The molecule has 0 radical (unpaired) electrons. The van der Waals surface area contributed by atoms with Crippen molar-refractivity contribution in [3.63, 3.8) is 0 Å². The Kier molecular flexibility index (Phi) is 8.72. The predicted octanol–water partition coefficient (Wildman–Crippen LogP) is 8.45. The SMILES string of the molecule is FC(F)(F)c1cc(CN(CCCCNc2ccnc3cc(Cl)ccc23)Cc2ccccc2)ccc1Cl. The highest BCUT2D eigenvalue weighted by atomic mass is 35.5. The van der Waals surface area contributed by atoms with Gasteiger partial charge in [-0.1, -0.05) is 59.6 Å². The summed E-state index contributed by atoms with van der Waals surface area (Å²) in [6.45, 7) is 2.56. The molecule has 0 unspecified atom stereocenters. The van der Waals surface area contributed by atoms with E-state index in [4.69, 9.17) is 23.2 Å². The lowest BCUT2D eigenvalue weighted by Gasteiger charge is -2.23. The summed E-state index contributed by atoms with van der Waals surface area (Å²) in [7, 11) is 0. The van der Waals surface area contributed by atoms with Gasteiger partial charge >= 0.3 is 6.18 Å². The molecule has 3 aromatic carbocycles. The van der Waals surface area contributed by atoms with E-state index in [0.29, 0.717) is 23.7 Å². The van der Waals surface area contributed by atoms with Crippen molar-refractivity contribution in [2.75, 3.05) is 18.4 Å². The zero-order valence-electron chi connectivity index (χ0n) is 19.5. The third-order valence-electron chi connectivity index (χ3n) is 5.91. The van der Waals surface area contributed by atoms with Gasteiger partial charge in [0.2, 0.25) is 0 Å². The van der Waals surface area contributed by atoms with Gasteiger partial charge in [0.05, 0.1) is 16.1 Å². The molecule has 0 aliphatic rings. The maximum Gasteiger partial charge on any atom is 0.417 e. The topological polar surface area (TPSA) is 28.2 Å². The second-order valence-electron chi connectivity index (χ2n) is 8.66. The number of hydrogen-bond donors (Lipinski definition) is 1. The molecule has 0 saturated carbocycles. The van der Waals surface area contributed by atoms with Gasteiger partial charge < -0.3 is 5.32 Å². The number of aromatic nitrogens is 1. The first-order valence-corrected chi connectivity index (χ1v) is 12.5. The van der Waals surface area contributed by atoms with Gasteiger partial charge in [0.1, 0.15) is 0 Å². The summed E-state index contributed by atoms with van der Waals surface area (Å²) < 4.78 is 40.0. The summed E-state index contributed by atoms with van der Waals surface area (Å²) >= 11 is 11.9. The number of rotatable bonds is 10. The molecule has 1 heterocycles. The summed E-state index contributed by atoms with van der Waals surface area (Å²) in [4.78, 5) is 6.54. The van der Waals surface area contributed by atoms with Crippen LogP contribution in [0.25, 0.3) is 10.9 Å². The van der Waals surface area contributed by atoms with Gasteiger partial charge in [-0.25, -0.2) is 0 Å². The van der Waals surface area contributed by atoms with E-state index in [9.17, 15) is 13.2 Å². The van der Waals surface area contributed by atoms with E-state index in [1.807, 2.05) is 54.6 Å². The first-order valence-electron chi connectivity index (χ1n) is 11.7. The summed E-state index contributed by atoms with van der Waals surface area (Å²) in [5.74, 6) is 0. The van der Waals surface area contributed by atoms with Crippen molar-refractivity contribution in [2.24, 2.45) is 0 Å². The number of alkyl halides is 3. The lowest BCUT2D eigenvalue weighted by atomic mass is 10.1. The lowest BCUT2D eigenvalue weighted by Crippen LogP contribution is -2.24. The molecule has 1 N–H and O–H groups in total. The molecule has 0 amide bonds. The van der Waals surface area contributed by atoms with Gasteiger partial charge in [-0.15, -0.1) is 0 Å². The van der Waals surface area contributed by atoms with Crippen LogP contribution < -0.4 is 5.32 Å². The second-order valence-corrected chi connectivity index (χ2v) is 9.51. The standard InChI is InChI=1S/C28H26Cl2F3N3/c29-22-9-10-23-26(12-14-35-27(23)17-22)34-13-4-5-15-36(18-20-6-2-1-3-7-20)19-21-8-11-25(30)24(16-21)28(31,32)33/h1-3,6-12,14,16-17H,4-5,13,15,18-19H2,(H,34,35). The highest BCUT2D eigenvalue weighted by Crippen LogP contribution is 2.35. The van der Waals surface area contributed by atoms with Crippen molar-refractivity contribution < 1.29 is 13.2 Å². The number of anilines is 1. The highest BCUT2D eigenvalue weighted by Gasteiger charge is 2.33. The molecule has 188 valence electrons. The fourth-order valence-electron chi connectivity index (χ4n) is 4.16. The van der Waals surface area contributed by atoms with Crippen molar-refractivity contribution in [3.8, 4) is 0 Å². The normalized spacial score (nSPS) is 11.8. The molecule has 0 bridgehead atoms. The van der Waals surface area contributed by atoms with Gasteiger partial charge in [-0.05, 0) is 66.9 Å². The molecule has 3 nitrogen and oxygen atoms in total. The number of pyridine rings is 1. The van der Waals surface area contributed by atoms with E-state index < -0.39 is 11.7 Å². The number of hydrogen-bond acceptors (Lipinski definition) is 3.